The third-order valence-corrected chi connectivity index (χ3v) is 2.15. The zero-order chi connectivity index (χ0) is 10.7. The van der Waals surface area contributed by atoms with E-state index in [0.29, 0.717) is 16.4 Å². The van der Waals surface area contributed by atoms with E-state index in [-0.39, 0.29) is 0 Å². The Hall–Kier alpha value is -1.52. The van der Waals surface area contributed by atoms with E-state index in [9.17, 15) is 5.11 Å². The fraction of sp³-hybridized carbons (Fsp3) is 0.100. The van der Waals surface area contributed by atoms with Crippen molar-refractivity contribution in [2.24, 2.45) is 0 Å². The lowest BCUT2D eigenvalue weighted by Gasteiger charge is -2.08. The monoisotopic (exact) mass is 221 g/mol. The van der Waals surface area contributed by atoms with Crippen molar-refractivity contribution in [2.45, 2.75) is 6.10 Å². The molecule has 5 heteroatoms. The van der Waals surface area contributed by atoms with Crippen LogP contribution in [0.4, 0.5) is 0 Å². The smallest absolute Gasteiger partial charge is 0.129 e. The van der Waals surface area contributed by atoms with Gasteiger partial charge in [-0.25, -0.2) is 4.98 Å². The number of aromatic nitrogens is 3. The third-order valence-electron chi connectivity index (χ3n) is 1.93. The highest BCUT2D eigenvalue weighted by Crippen LogP contribution is 2.19. The maximum absolute atomic E-state index is 9.90. The predicted octanol–water partition coefficient (Wildman–Crippen LogP) is 1.61. The summed E-state index contributed by atoms with van der Waals surface area (Å²) in [5, 5.41) is 10.3. The lowest BCUT2D eigenvalue weighted by Crippen LogP contribution is -2.02. The molecule has 0 saturated heterocycles. The van der Waals surface area contributed by atoms with Crippen molar-refractivity contribution in [3.05, 3.63) is 53.3 Å². The van der Waals surface area contributed by atoms with Crippen LogP contribution < -0.4 is 0 Å². The lowest BCUT2D eigenvalue weighted by atomic mass is 10.1. The molecule has 0 spiro atoms. The molecule has 0 radical (unpaired) electrons. The van der Waals surface area contributed by atoms with Gasteiger partial charge in [-0.2, -0.15) is 0 Å². The van der Waals surface area contributed by atoms with Gasteiger partial charge in [0.15, 0.2) is 0 Å². The predicted molar refractivity (Wildman–Crippen MR) is 55.3 cm³/mol. The molecule has 2 rings (SSSR count). The molecular weight excluding hydrogens is 214 g/mol. The van der Waals surface area contributed by atoms with Crippen LogP contribution >= 0.6 is 11.6 Å². The Morgan fingerprint density at radius 1 is 1.13 bits per heavy atom. The minimum Gasteiger partial charge on any atom is -0.382 e. The molecule has 0 fully saturated rings. The van der Waals surface area contributed by atoms with E-state index in [1.165, 1.54) is 18.6 Å². The van der Waals surface area contributed by atoms with E-state index < -0.39 is 6.10 Å². The first-order valence-electron chi connectivity index (χ1n) is 4.33. The van der Waals surface area contributed by atoms with Gasteiger partial charge in [-0.1, -0.05) is 17.7 Å². The van der Waals surface area contributed by atoms with Crippen LogP contribution in [0.2, 0.25) is 5.15 Å². The highest BCUT2D eigenvalue weighted by Gasteiger charge is 2.11. The molecule has 0 aromatic carbocycles. The van der Waals surface area contributed by atoms with Crippen molar-refractivity contribution in [2.75, 3.05) is 0 Å². The zero-order valence-corrected chi connectivity index (χ0v) is 8.46. The molecule has 1 atom stereocenters. The molecule has 0 aliphatic rings. The quantitative estimate of drug-likeness (QED) is 0.783. The minimum absolute atomic E-state index is 0.394. The topological polar surface area (TPSA) is 58.9 Å². The van der Waals surface area contributed by atoms with Gasteiger partial charge in [0, 0.05) is 24.2 Å². The van der Waals surface area contributed by atoms with Crippen LogP contribution in [0.3, 0.4) is 0 Å². The Morgan fingerprint density at radius 2 is 2.00 bits per heavy atom. The summed E-state index contributed by atoms with van der Waals surface area (Å²) < 4.78 is 0. The summed E-state index contributed by atoms with van der Waals surface area (Å²) in [4.78, 5) is 11.8. The van der Waals surface area contributed by atoms with E-state index in [4.69, 9.17) is 11.6 Å². The number of hydrogen-bond acceptors (Lipinski definition) is 4. The van der Waals surface area contributed by atoms with Crippen LogP contribution in [-0.2, 0) is 0 Å². The normalized spacial score (nSPS) is 12.4. The number of aliphatic hydroxyl groups is 1. The molecule has 0 aliphatic heterocycles. The molecule has 1 N–H and O–H groups in total. The summed E-state index contributed by atoms with van der Waals surface area (Å²) in [6.45, 7) is 0. The first-order chi connectivity index (χ1) is 7.27. The lowest BCUT2D eigenvalue weighted by molar-refractivity contribution is 0.214. The molecule has 2 aromatic rings. The fourth-order valence-corrected chi connectivity index (χ4v) is 1.28. The van der Waals surface area contributed by atoms with E-state index in [1.54, 1.807) is 18.3 Å². The highest BCUT2D eigenvalue weighted by molar-refractivity contribution is 6.29. The van der Waals surface area contributed by atoms with E-state index in [2.05, 4.69) is 15.0 Å². The molecule has 4 nitrogen and oxygen atoms in total. The van der Waals surface area contributed by atoms with Crippen molar-refractivity contribution in [3.63, 3.8) is 0 Å². The average Bonchev–Trinajstić information content (AvgIpc) is 2.30. The Labute approximate surface area is 91.6 Å². The first-order valence-corrected chi connectivity index (χ1v) is 4.70. The Morgan fingerprint density at radius 3 is 2.60 bits per heavy atom. The van der Waals surface area contributed by atoms with Crippen LogP contribution in [0, 0.1) is 0 Å². The second kappa shape index (κ2) is 4.33. The number of hydrogen-bond donors (Lipinski definition) is 1. The minimum atomic E-state index is -0.816. The Bertz CT molecular complexity index is 432. The summed E-state index contributed by atoms with van der Waals surface area (Å²) in [5.74, 6) is 0. The van der Waals surface area contributed by atoms with Crippen molar-refractivity contribution >= 4 is 11.6 Å². The molecule has 2 heterocycles. The van der Waals surface area contributed by atoms with Crippen molar-refractivity contribution in [1.82, 2.24) is 15.0 Å². The fourth-order valence-electron chi connectivity index (χ4n) is 1.17. The van der Waals surface area contributed by atoms with Gasteiger partial charge in [0.25, 0.3) is 0 Å². The molecule has 0 amide bonds. The molecule has 1 unspecified atom stereocenters. The number of pyridine rings is 1. The van der Waals surface area contributed by atoms with Crippen LogP contribution in [0.25, 0.3) is 0 Å². The summed E-state index contributed by atoms with van der Waals surface area (Å²) in [6, 6.07) is 3.32. The molecule has 0 bridgehead atoms. The van der Waals surface area contributed by atoms with Gasteiger partial charge in [-0.3, -0.25) is 9.97 Å². The van der Waals surface area contributed by atoms with Crippen molar-refractivity contribution in [3.8, 4) is 0 Å². The molecular formula is C10H8ClN3O. The van der Waals surface area contributed by atoms with Gasteiger partial charge in [0.1, 0.15) is 11.3 Å². The van der Waals surface area contributed by atoms with Gasteiger partial charge >= 0.3 is 0 Å². The van der Waals surface area contributed by atoms with Gasteiger partial charge in [-0.05, 0) is 6.07 Å². The maximum Gasteiger partial charge on any atom is 0.129 e. The Kier molecular flexibility index (Phi) is 2.89. The van der Waals surface area contributed by atoms with Gasteiger partial charge in [-0.15, -0.1) is 0 Å². The van der Waals surface area contributed by atoms with Gasteiger partial charge in [0.2, 0.25) is 0 Å². The molecule has 2 aromatic heterocycles. The van der Waals surface area contributed by atoms with E-state index >= 15 is 0 Å². The standard InChI is InChI=1S/C10H8ClN3O/c11-9-2-1-7(5-14-9)10(15)8-6-12-3-4-13-8/h1-6,10,15H. The summed E-state index contributed by atoms with van der Waals surface area (Å²) in [5.41, 5.74) is 1.13. The molecule has 0 aliphatic carbocycles. The van der Waals surface area contributed by atoms with Crippen molar-refractivity contribution < 1.29 is 5.11 Å². The third kappa shape index (κ3) is 2.29. The first kappa shape index (κ1) is 10.0. The largest absolute Gasteiger partial charge is 0.382 e. The van der Waals surface area contributed by atoms with Crippen LogP contribution in [0.1, 0.15) is 17.4 Å². The number of nitrogens with zero attached hydrogens (tertiary/aromatic N) is 3. The SMILES string of the molecule is OC(c1ccc(Cl)nc1)c1cnccn1. The second-order valence-electron chi connectivity index (χ2n) is 2.95. The number of rotatable bonds is 2. The Balaban J connectivity index is 2.29. The van der Waals surface area contributed by atoms with Gasteiger partial charge in [0.05, 0.1) is 11.9 Å². The molecule has 76 valence electrons. The summed E-state index contributed by atoms with van der Waals surface area (Å²) >= 11 is 5.64. The molecule has 15 heavy (non-hydrogen) atoms. The summed E-state index contributed by atoms with van der Waals surface area (Å²) in [6.07, 6.45) is 5.29. The van der Waals surface area contributed by atoms with E-state index in [0.717, 1.165) is 0 Å². The number of aliphatic hydroxyl groups excluding tert-OH is 1. The zero-order valence-electron chi connectivity index (χ0n) is 7.71. The number of halogens is 1. The van der Waals surface area contributed by atoms with Crippen LogP contribution in [-0.4, -0.2) is 20.1 Å². The highest BCUT2D eigenvalue weighted by atomic mass is 35.5. The average molecular weight is 222 g/mol. The van der Waals surface area contributed by atoms with Crippen molar-refractivity contribution in [1.29, 1.82) is 0 Å². The van der Waals surface area contributed by atoms with E-state index in [1.807, 2.05) is 0 Å². The van der Waals surface area contributed by atoms with Crippen LogP contribution in [0.15, 0.2) is 36.9 Å². The van der Waals surface area contributed by atoms with Gasteiger partial charge < -0.3 is 5.11 Å². The molecule has 0 saturated carbocycles. The summed E-state index contributed by atoms with van der Waals surface area (Å²) in [7, 11) is 0. The maximum atomic E-state index is 9.90. The van der Waals surface area contributed by atoms with Crippen LogP contribution in [0.5, 0.6) is 0 Å². The second-order valence-corrected chi connectivity index (χ2v) is 3.33.